The van der Waals surface area contributed by atoms with Gasteiger partial charge in [0.1, 0.15) is 0 Å². The molecule has 0 radical (unpaired) electrons. The Bertz CT molecular complexity index is 708. The average molecular weight is 421 g/mol. The van der Waals surface area contributed by atoms with Crippen LogP contribution in [0.2, 0.25) is 0 Å². The van der Waals surface area contributed by atoms with Gasteiger partial charge in [0.2, 0.25) is 5.91 Å². The lowest BCUT2D eigenvalue weighted by atomic mass is 9.65. The third kappa shape index (κ3) is 5.43. The normalized spacial score (nSPS) is 29.2. The van der Waals surface area contributed by atoms with Gasteiger partial charge in [0.05, 0.1) is 6.04 Å². The molecule has 1 aromatic rings. The van der Waals surface area contributed by atoms with Crippen molar-refractivity contribution in [3.8, 4) is 0 Å². The Morgan fingerprint density at radius 2 is 1.66 bits per heavy atom. The number of carbonyl (C=O) groups is 2. The molecule has 3 saturated carbocycles. The highest BCUT2D eigenvalue weighted by Gasteiger charge is 2.40. The van der Waals surface area contributed by atoms with E-state index < -0.39 is 0 Å². The fourth-order valence-corrected chi connectivity index (χ4v) is 4.85. The highest BCUT2D eigenvalue weighted by molar-refractivity contribution is 5.89. The monoisotopic (exact) mass is 420 g/mol. The summed E-state index contributed by atoms with van der Waals surface area (Å²) in [5.41, 5.74) is 8.15. The number of nitrogens with one attached hydrogen (secondary N) is 3. The standard InChI is InChI=1S/C22H32N4O2.ClH/c1-13(14-5-7-18(8-6-14)25-22(28)26-19-9-10-19)24-21(27)17-11-15-3-2-4-16(12-17)20(15)23;/h5-8,13,15-17,19-20H,2-4,9-12,23H2,1H3,(H,24,27)(H2,25,26,28);1H. The van der Waals surface area contributed by atoms with Gasteiger partial charge in [-0.1, -0.05) is 18.6 Å². The van der Waals surface area contributed by atoms with Gasteiger partial charge in [-0.15, -0.1) is 12.4 Å². The van der Waals surface area contributed by atoms with Crippen LogP contribution in [0.25, 0.3) is 0 Å². The van der Waals surface area contributed by atoms with Crippen LogP contribution in [0.5, 0.6) is 0 Å². The molecule has 0 aliphatic heterocycles. The second kappa shape index (κ2) is 9.35. The summed E-state index contributed by atoms with van der Waals surface area (Å²) < 4.78 is 0. The molecule has 2 bridgehead atoms. The van der Waals surface area contributed by atoms with E-state index in [9.17, 15) is 9.59 Å². The number of amides is 3. The molecular formula is C22H33ClN4O2. The van der Waals surface area contributed by atoms with E-state index >= 15 is 0 Å². The van der Waals surface area contributed by atoms with Crippen LogP contribution in [0, 0.1) is 17.8 Å². The SMILES string of the molecule is CC(NC(=O)C1CC2CCCC(C1)C2N)c1ccc(NC(=O)NC2CC2)cc1.Cl. The van der Waals surface area contributed by atoms with Crippen LogP contribution in [0.15, 0.2) is 24.3 Å². The van der Waals surface area contributed by atoms with Crippen LogP contribution in [0.4, 0.5) is 10.5 Å². The summed E-state index contributed by atoms with van der Waals surface area (Å²) in [6.07, 6.45) is 7.58. The first-order valence-corrected chi connectivity index (χ1v) is 10.7. The van der Waals surface area contributed by atoms with Crippen molar-refractivity contribution in [2.75, 3.05) is 5.32 Å². The van der Waals surface area contributed by atoms with E-state index in [1.165, 1.54) is 19.3 Å². The summed E-state index contributed by atoms with van der Waals surface area (Å²) in [5, 5.41) is 8.94. The van der Waals surface area contributed by atoms with E-state index in [-0.39, 0.29) is 42.3 Å². The van der Waals surface area contributed by atoms with Gasteiger partial charge < -0.3 is 21.7 Å². The Morgan fingerprint density at radius 3 is 2.24 bits per heavy atom. The number of urea groups is 1. The van der Waals surface area contributed by atoms with Crippen molar-refractivity contribution >= 4 is 30.0 Å². The van der Waals surface area contributed by atoms with Crippen molar-refractivity contribution in [2.24, 2.45) is 23.5 Å². The minimum atomic E-state index is -0.155. The predicted octanol–water partition coefficient (Wildman–Crippen LogP) is 3.72. The van der Waals surface area contributed by atoms with Gasteiger partial charge in [0.25, 0.3) is 0 Å². The maximum absolute atomic E-state index is 12.8. The lowest BCUT2D eigenvalue weighted by molar-refractivity contribution is -0.128. The Balaban J connectivity index is 0.00000240. The fraction of sp³-hybridized carbons (Fsp3) is 0.636. The second-order valence-corrected chi connectivity index (χ2v) is 8.92. The van der Waals surface area contributed by atoms with Gasteiger partial charge in [-0.3, -0.25) is 4.79 Å². The fourth-order valence-electron chi connectivity index (χ4n) is 4.85. The second-order valence-electron chi connectivity index (χ2n) is 8.92. The summed E-state index contributed by atoms with van der Waals surface area (Å²) in [6.45, 7) is 2.01. The third-order valence-electron chi connectivity index (χ3n) is 6.72. The van der Waals surface area contributed by atoms with E-state index in [1.807, 2.05) is 31.2 Å². The van der Waals surface area contributed by atoms with Crippen molar-refractivity contribution in [3.05, 3.63) is 29.8 Å². The zero-order chi connectivity index (χ0) is 19.7. The number of benzene rings is 1. The number of nitrogens with two attached hydrogens (primary N) is 1. The molecule has 1 aromatic carbocycles. The molecule has 3 atom stereocenters. The van der Waals surface area contributed by atoms with Gasteiger partial charge >= 0.3 is 6.03 Å². The number of halogens is 1. The minimum absolute atomic E-state index is 0. The summed E-state index contributed by atoms with van der Waals surface area (Å²) in [6, 6.07) is 8.10. The van der Waals surface area contributed by atoms with E-state index in [0.717, 1.165) is 36.9 Å². The molecule has 0 aromatic heterocycles. The van der Waals surface area contributed by atoms with Crippen LogP contribution in [-0.2, 0) is 4.79 Å². The number of carbonyl (C=O) groups excluding carboxylic acids is 2. The average Bonchev–Trinajstić information content (AvgIpc) is 3.45. The topological polar surface area (TPSA) is 96.2 Å². The zero-order valence-electron chi connectivity index (χ0n) is 17.0. The van der Waals surface area contributed by atoms with E-state index in [4.69, 9.17) is 5.73 Å². The van der Waals surface area contributed by atoms with E-state index in [2.05, 4.69) is 16.0 Å². The number of rotatable bonds is 5. The first-order chi connectivity index (χ1) is 13.5. The molecule has 3 aliphatic carbocycles. The highest BCUT2D eigenvalue weighted by Crippen LogP contribution is 2.42. The zero-order valence-corrected chi connectivity index (χ0v) is 17.8. The van der Waals surface area contributed by atoms with Crippen LogP contribution in [0.1, 0.15) is 63.5 Å². The lowest BCUT2D eigenvalue weighted by Gasteiger charge is -2.43. The smallest absolute Gasteiger partial charge is 0.319 e. The Morgan fingerprint density at radius 1 is 1.03 bits per heavy atom. The van der Waals surface area contributed by atoms with Crippen LogP contribution >= 0.6 is 12.4 Å². The van der Waals surface area contributed by atoms with Gasteiger partial charge in [-0.25, -0.2) is 4.79 Å². The number of hydrogen-bond donors (Lipinski definition) is 4. The molecule has 0 heterocycles. The largest absolute Gasteiger partial charge is 0.349 e. The molecule has 29 heavy (non-hydrogen) atoms. The third-order valence-corrected chi connectivity index (χ3v) is 6.72. The van der Waals surface area contributed by atoms with Crippen molar-refractivity contribution in [2.45, 2.75) is 70.0 Å². The maximum Gasteiger partial charge on any atom is 0.319 e. The molecule has 0 saturated heterocycles. The van der Waals surface area contributed by atoms with Crippen LogP contribution in [0.3, 0.4) is 0 Å². The maximum atomic E-state index is 12.8. The summed E-state index contributed by atoms with van der Waals surface area (Å²) in [4.78, 5) is 24.6. The van der Waals surface area contributed by atoms with Gasteiger partial charge in [-0.2, -0.15) is 0 Å². The molecule has 6 nitrogen and oxygen atoms in total. The number of fused-ring (bicyclic) bond motifs is 2. The van der Waals surface area contributed by atoms with Gasteiger partial charge in [0, 0.05) is 23.7 Å². The number of anilines is 1. The molecule has 3 unspecified atom stereocenters. The van der Waals surface area contributed by atoms with Crippen LogP contribution in [-0.4, -0.2) is 24.0 Å². The molecule has 3 fully saturated rings. The van der Waals surface area contributed by atoms with Crippen molar-refractivity contribution in [1.82, 2.24) is 10.6 Å². The Labute approximate surface area is 179 Å². The lowest BCUT2D eigenvalue weighted by Crippen LogP contribution is -2.49. The summed E-state index contributed by atoms with van der Waals surface area (Å²) in [5.74, 6) is 1.25. The molecule has 3 aliphatic rings. The van der Waals surface area contributed by atoms with Crippen molar-refractivity contribution in [1.29, 1.82) is 0 Å². The summed E-state index contributed by atoms with van der Waals surface area (Å²) >= 11 is 0. The predicted molar refractivity (Wildman–Crippen MR) is 117 cm³/mol. The van der Waals surface area contributed by atoms with Gasteiger partial charge in [0.15, 0.2) is 0 Å². The van der Waals surface area contributed by atoms with E-state index in [1.54, 1.807) is 0 Å². The highest BCUT2D eigenvalue weighted by atomic mass is 35.5. The molecule has 3 amide bonds. The Hall–Kier alpha value is -1.79. The molecule has 0 spiro atoms. The molecule has 5 N–H and O–H groups in total. The first kappa shape index (κ1) is 21.9. The van der Waals surface area contributed by atoms with Crippen LogP contribution < -0.4 is 21.7 Å². The quantitative estimate of drug-likeness (QED) is 0.584. The van der Waals surface area contributed by atoms with Crippen molar-refractivity contribution < 1.29 is 9.59 Å². The minimum Gasteiger partial charge on any atom is -0.349 e. The number of hydrogen-bond acceptors (Lipinski definition) is 3. The van der Waals surface area contributed by atoms with E-state index in [0.29, 0.717) is 17.9 Å². The molecular weight excluding hydrogens is 388 g/mol. The van der Waals surface area contributed by atoms with Gasteiger partial charge in [-0.05, 0) is 75.0 Å². The molecule has 160 valence electrons. The molecule has 4 rings (SSSR count). The molecule has 7 heteroatoms. The first-order valence-electron chi connectivity index (χ1n) is 10.7. The summed E-state index contributed by atoms with van der Waals surface area (Å²) in [7, 11) is 0. The Kier molecular flexibility index (Phi) is 7.06. The van der Waals surface area contributed by atoms with Crippen molar-refractivity contribution in [3.63, 3.8) is 0 Å².